The van der Waals surface area contributed by atoms with Crippen LogP contribution in [0.15, 0.2) is 24.3 Å². The van der Waals surface area contributed by atoms with Gasteiger partial charge in [-0.1, -0.05) is 18.2 Å². The molecular weight excluding hydrogens is 292 g/mol. The number of alkyl halides is 6. The maximum absolute atomic E-state index is 12.3. The molecule has 0 radical (unpaired) electrons. The van der Waals surface area contributed by atoms with Gasteiger partial charge >= 0.3 is 12.4 Å². The van der Waals surface area contributed by atoms with Crippen LogP contribution in [0.5, 0.6) is 5.75 Å². The molecule has 1 unspecified atom stereocenters. The number of rotatable bonds is 3. The van der Waals surface area contributed by atoms with Crippen LogP contribution in [-0.4, -0.2) is 23.6 Å². The largest absolute Gasteiger partial charge is 0.471 e. The maximum atomic E-state index is 12.3. The molecule has 0 aliphatic carbocycles. The monoisotopic (exact) mass is 299 g/mol. The molecule has 1 aromatic carbocycles. The van der Waals surface area contributed by atoms with Gasteiger partial charge in [-0.25, -0.2) is 0 Å². The van der Waals surface area contributed by atoms with E-state index in [-0.39, 0.29) is 0 Å². The minimum absolute atomic E-state index is 0.478. The van der Waals surface area contributed by atoms with Crippen molar-refractivity contribution in [1.29, 1.82) is 5.26 Å². The van der Waals surface area contributed by atoms with E-state index in [1.165, 1.54) is 12.1 Å². The highest BCUT2D eigenvalue weighted by atomic mass is 19.4. The fourth-order valence-corrected chi connectivity index (χ4v) is 1.33. The van der Waals surface area contributed by atoms with Crippen molar-refractivity contribution >= 4 is 0 Å². The third-order valence-corrected chi connectivity index (χ3v) is 2.18. The van der Waals surface area contributed by atoms with E-state index in [1.54, 1.807) is 0 Å². The van der Waals surface area contributed by atoms with Crippen molar-refractivity contribution < 1.29 is 36.2 Å². The van der Waals surface area contributed by atoms with E-state index in [2.05, 4.69) is 4.74 Å². The number of hydrogen-bond acceptors (Lipinski definition) is 3. The highest BCUT2D eigenvalue weighted by molar-refractivity contribution is 5.37. The number of aliphatic hydroxyl groups is 1. The molecule has 3 nitrogen and oxygen atoms in total. The molecule has 0 bridgehead atoms. The first-order chi connectivity index (χ1) is 9.07. The number of ether oxygens (including phenoxy) is 1. The van der Waals surface area contributed by atoms with E-state index in [0.717, 1.165) is 18.2 Å². The Hall–Kier alpha value is -1.95. The Bertz CT molecular complexity index is 491. The zero-order valence-electron chi connectivity index (χ0n) is 9.53. The molecule has 1 N–H and O–H groups in total. The van der Waals surface area contributed by atoms with Crippen LogP contribution in [0.3, 0.4) is 0 Å². The lowest BCUT2D eigenvalue weighted by Gasteiger charge is -2.25. The lowest BCUT2D eigenvalue weighted by atomic mass is 10.1. The number of nitriles is 1. The zero-order valence-corrected chi connectivity index (χ0v) is 9.53. The van der Waals surface area contributed by atoms with Gasteiger partial charge < -0.3 is 9.84 Å². The van der Waals surface area contributed by atoms with Gasteiger partial charge in [-0.3, -0.25) is 0 Å². The Labute approximate surface area is 109 Å². The first kappa shape index (κ1) is 16.1. The molecule has 9 heteroatoms. The SMILES string of the molecule is N#CC(O)c1ccccc1OC(C(F)(F)F)C(F)(F)F. The van der Waals surface area contributed by atoms with Crippen LogP contribution in [0.25, 0.3) is 0 Å². The van der Waals surface area contributed by atoms with Crippen LogP contribution in [0.2, 0.25) is 0 Å². The number of para-hydroxylation sites is 1. The molecule has 0 aliphatic rings. The van der Waals surface area contributed by atoms with Gasteiger partial charge in [-0.05, 0) is 6.07 Å². The van der Waals surface area contributed by atoms with E-state index < -0.39 is 35.9 Å². The topological polar surface area (TPSA) is 53.2 Å². The van der Waals surface area contributed by atoms with Crippen molar-refractivity contribution in [3.05, 3.63) is 29.8 Å². The first-order valence-electron chi connectivity index (χ1n) is 5.04. The van der Waals surface area contributed by atoms with Crippen molar-refractivity contribution in [2.45, 2.75) is 24.6 Å². The molecule has 0 saturated heterocycles. The van der Waals surface area contributed by atoms with Crippen molar-refractivity contribution in [1.82, 2.24) is 0 Å². The molecule has 0 aromatic heterocycles. The summed E-state index contributed by atoms with van der Waals surface area (Å²) in [6, 6.07) is 5.44. The summed E-state index contributed by atoms with van der Waals surface area (Å²) >= 11 is 0. The van der Waals surface area contributed by atoms with Crippen molar-refractivity contribution in [2.24, 2.45) is 0 Å². The quantitative estimate of drug-likeness (QED) is 0.689. The summed E-state index contributed by atoms with van der Waals surface area (Å²) in [5.41, 5.74) is -0.478. The van der Waals surface area contributed by atoms with E-state index in [4.69, 9.17) is 5.26 Å². The Kier molecular flexibility index (Phi) is 4.50. The standard InChI is InChI=1S/C11H7F6NO2/c12-10(13,14)9(11(15,16)17)20-8-4-2-1-3-6(8)7(19)5-18/h1-4,7,9,19H. The molecular formula is C11H7F6NO2. The van der Waals surface area contributed by atoms with E-state index >= 15 is 0 Å². The van der Waals surface area contributed by atoms with Gasteiger partial charge in [-0.2, -0.15) is 31.6 Å². The number of nitrogens with zero attached hydrogens (tertiary/aromatic N) is 1. The minimum atomic E-state index is -5.68. The maximum Gasteiger partial charge on any atom is 0.434 e. The Balaban J connectivity index is 3.17. The predicted octanol–water partition coefficient (Wildman–Crippen LogP) is 3.12. The van der Waals surface area contributed by atoms with Gasteiger partial charge in [-0.15, -0.1) is 0 Å². The third-order valence-electron chi connectivity index (χ3n) is 2.18. The Morgan fingerprint density at radius 1 is 1.05 bits per heavy atom. The molecule has 0 heterocycles. The summed E-state index contributed by atoms with van der Waals surface area (Å²) in [4.78, 5) is 0. The van der Waals surface area contributed by atoms with Gasteiger partial charge in [0, 0.05) is 5.56 Å². The van der Waals surface area contributed by atoms with E-state index in [0.29, 0.717) is 0 Å². The highest BCUT2D eigenvalue weighted by Gasteiger charge is 2.59. The Morgan fingerprint density at radius 2 is 1.55 bits per heavy atom. The molecule has 1 rings (SSSR count). The van der Waals surface area contributed by atoms with Crippen LogP contribution in [-0.2, 0) is 0 Å². The van der Waals surface area contributed by atoms with Crippen LogP contribution < -0.4 is 4.74 Å². The molecule has 20 heavy (non-hydrogen) atoms. The molecule has 0 spiro atoms. The second-order valence-electron chi connectivity index (χ2n) is 3.65. The first-order valence-corrected chi connectivity index (χ1v) is 5.04. The number of hydrogen-bond donors (Lipinski definition) is 1. The highest BCUT2D eigenvalue weighted by Crippen LogP contribution is 2.38. The van der Waals surface area contributed by atoms with Crippen LogP contribution >= 0.6 is 0 Å². The van der Waals surface area contributed by atoms with Gasteiger partial charge in [0.05, 0.1) is 6.07 Å². The number of halogens is 6. The minimum Gasteiger partial charge on any atom is -0.471 e. The number of benzene rings is 1. The van der Waals surface area contributed by atoms with Gasteiger partial charge in [0.2, 0.25) is 0 Å². The van der Waals surface area contributed by atoms with Gasteiger partial charge in [0.25, 0.3) is 6.10 Å². The van der Waals surface area contributed by atoms with Gasteiger partial charge in [0.1, 0.15) is 5.75 Å². The smallest absolute Gasteiger partial charge is 0.434 e. The molecule has 1 atom stereocenters. The summed E-state index contributed by atoms with van der Waals surface area (Å²) in [5.74, 6) is -0.860. The second-order valence-corrected chi connectivity index (χ2v) is 3.65. The Morgan fingerprint density at radius 3 is 2.00 bits per heavy atom. The fraction of sp³-hybridized carbons (Fsp3) is 0.364. The average Bonchev–Trinajstić information content (AvgIpc) is 2.32. The third kappa shape index (κ3) is 3.77. The lowest BCUT2D eigenvalue weighted by molar-refractivity contribution is -0.300. The van der Waals surface area contributed by atoms with Crippen molar-refractivity contribution in [3.63, 3.8) is 0 Å². The lowest BCUT2D eigenvalue weighted by Crippen LogP contribution is -2.46. The molecule has 1 aromatic rings. The fourth-order valence-electron chi connectivity index (χ4n) is 1.33. The van der Waals surface area contributed by atoms with E-state index in [9.17, 15) is 31.4 Å². The summed E-state index contributed by atoms with van der Waals surface area (Å²) in [5, 5.41) is 17.7. The van der Waals surface area contributed by atoms with Crippen LogP contribution in [0.4, 0.5) is 26.3 Å². The summed E-state index contributed by atoms with van der Waals surface area (Å²) < 4.78 is 78.0. The predicted molar refractivity (Wildman–Crippen MR) is 53.5 cm³/mol. The summed E-state index contributed by atoms with van der Waals surface area (Å²) in [7, 11) is 0. The van der Waals surface area contributed by atoms with Crippen LogP contribution in [0, 0.1) is 11.3 Å². The van der Waals surface area contributed by atoms with E-state index in [1.807, 2.05) is 0 Å². The van der Waals surface area contributed by atoms with Crippen molar-refractivity contribution in [2.75, 3.05) is 0 Å². The molecule has 0 saturated carbocycles. The normalized spacial score (nSPS) is 13.9. The van der Waals surface area contributed by atoms with Crippen molar-refractivity contribution in [3.8, 4) is 11.8 Å². The van der Waals surface area contributed by atoms with Gasteiger partial charge in [0.15, 0.2) is 6.10 Å². The molecule has 0 aliphatic heterocycles. The summed E-state index contributed by atoms with van der Waals surface area (Å²) in [6.45, 7) is 0. The molecule has 0 fully saturated rings. The summed E-state index contributed by atoms with van der Waals surface area (Å²) in [6.07, 6.45) is -17.3. The molecule has 110 valence electrons. The average molecular weight is 299 g/mol. The van der Waals surface area contributed by atoms with Crippen LogP contribution in [0.1, 0.15) is 11.7 Å². The number of aliphatic hydroxyl groups excluding tert-OH is 1. The molecule has 0 amide bonds. The second kappa shape index (κ2) is 5.58. The zero-order chi connectivity index (χ0) is 15.6.